The number of benzene rings is 5. The van der Waals surface area contributed by atoms with Gasteiger partial charge in [0, 0.05) is 0 Å². The van der Waals surface area contributed by atoms with E-state index < -0.39 is 11.9 Å². The summed E-state index contributed by atoms with van der Waals surface area (Å²) in [7, 11) is 0. The Balaban J connectivity index is 0.000000228. The second-order valence-corrected chi connectivity index (χ2v) is 11.9. The van der Waals surface area contributed by atoms with Gasteiger partial charge in [-0.3, -0.25) is 0 Å². The van der Waals surface area contributed by atoms with Crippen LogP contribution < -0.4 is 0 Å². The smallest absolute Gasteiger partial charge is 0.339 e. The number of hydrogen-bond acceptors (Lipinski definition) is 3. The van der Waals surface area contributed by atoms with Gasteiger partial charge in [-0.25, -0.2) is 9.59 Å². The average molecular weight is 593 g/mol. The number of carbonyl (C=O) groups is 2. The molecule has 0 bridgehead atoms. The molecule has 5 aromatic carbocycles. The predicted octanol–water partition coefficient (Wildman–Crippen LogP) is 11.4. The number of aryl methyl sites for hydroxylation is 1. The Bertz CT molecular complexity index is 1490. The van der Waals surface area contributed by atoms with Crippen LogP contribution in [0, 0.1) is 0 Å². The van der Waals surface area contributed by atoms with Crippen molar-refractivity contribution in [1.29, 1.82) is 0 Å². The van der Waals surface area contributed by atoms with Crippen molar-refractivity contribution in [2.24, 2.45) is 0 Å². The molecule has 0 aliphatic carbocycles. The van der Waals surface area contributed by atoms with Gasteiger partial charge < -0.3 is 9.84 Å². The van der Waals surface area contributed by atoms with E-state index in [1.807, 2.05) is 6.07 Å². The van der Waals surface area contributed by atoms with Crippen molar-refractivity contribution in [3.05, 3.63) is 95.6 Å². The molecule has 5 rings (SSSR count). The largest absolute Gasteiger partial charge is 0.478 e. The molecule has 232 valence electrons. The molecule has 0 aliphatic rings. The summed E-state index contributed by atoms with van der Waals surface area (Å²) in [6.07, 6.45) is 14.4. The molecule has 44 heavy (non-hydrogen) atoms. The normalized spacial score (nSPS) is 11.1. The van der Waals surface area contributed by atoms with E-state index in [9.17, 15) is 14.7 Å². The minimum atomic E-state index is -1.07. The number of carboxylic acids is 1. The first kappa shape index (κ1) is 33.0. The van der Waals surface area contributed by atoms with Crippen LogP contribution >= 0.6 is 0 Å². The van der Waals surface area contributed by atoms with Crippen LogP contribution in [0.3, 0.4) is 0 Å². The van der Waals surface area contributed by atoms with Gasteiger partial charge in [0.05, 0.1) is 17.7 Å². The van der Waals surface area contributed by atoms with Gasteiger partial charge in [-0.05, 0) is 63.2 Å². The minimum Gasteiger partial charge on any atom is -0.478 e. The zero-order valence-electron chi connectivity index (χ0n) is 26.6. The van der Waals surface area contributed by atoms with Crippen LogP contribution in [-0.4, -0.2) is 23.7 Å². The van der Waals surface area contributed by atoms with Gasteiger partial charge >= 0.3 is 11.9 Å². The van der Waals surface area contributed by atoms with Crippen LogP contribution in [0.2, 0.25) is 0 Å². The molecule has 0 saturated carbocycles. The fraction of sp³-hybridized carbons (Fsp3) is 0.400. The van der Waals surface area contributed by atoms with Crippen LogP contribution in [0.15, 0.2) is 78.9 Å². The quantitative estimate of drug-likeness (QED) is 0.0703. The highest BCUT2D eigenvalue weighted by Crippen LogP contribution is 2.33. The fourth-order valence-corrected chi connectivity index (χ4v) is 6.11. The van der Waals surface area contributed by atoms with E-state index >= 15 is 0 Å². The first-order valence-electron chi connectivity index (χ1n) is 16.7. The molecular formula is C40H48O4. The highest BCUT2D eigenvalue weighted by Gasteiger charge is 2.21. The number of carbonyl (C=O) groups excluding carboxylic acids is 1. The van der Waals surface area contributed by atoms with Crippen LogP contribution in [0.1, 0.15) is 117 Å². The molecule has 4 nitrogen and oxygen atoms in total. The van der Waals surface area contributed by atoms with Crippen molar-refractivity contribution in [2.75, 3.05) is 6.61 Å². The van der Waals surface area contributed by atoms with E-state index in [1.165, 1.54) is 83.3 Å². The number of esters is 1. The van der Waals surface area contributed by atoms with Gasteiger partial charge in [-0.1, -0.05) is 151 Å². The average Bonchev–Trinajstić information content (AvgIpc) is 3.05. The predicted molar refractivity (Wildman–Crippen MR) is 184 cm³/mol. The van der Waals surface area contributed by atoms with E-state index in [-0.39, 0.29) is 11.1 Å². The van der Waals surface area contributed by atoms with Crippen molar-refractivity contribution >= 4 is 44.3 Å². The minimum absolute atomic E-state index is 0.0522. The molecule has 0 fully saturated rings. The summed E-state index contributed by atoms with van der Waals surface area (Å²) in [6, 6.07) is 26.9. The lowest BCUT2D eigenvalue weighted by Crippen LogP contribution is -2.15. The molecule has 1 N–H and O–H groups in total. The first-order valence-corrected chi connectivity index (χ1v) is 16.7. The molecule has 0 atom stereocenters. The molecule has 0 radical (unpaired) electrons. The summed E-state index contributed by atoms with van der Waals surface area (Å²) in [6.45, 7) is 4.74. The Kier molecular flexibility index (Phi) is 13.0. The maximum Gasteiger partial charge on any atom is 0.339 e. The molecule has 0 amide bonds. The summed E-state index contributed by atoms with van der Waals surface area (Å²) in [5.74, 6) is -1.57. The first-order chi connectivity index (χ1) is 21.5. The second-order valence-electron chi connectivity index (χ2n) is 11.9. The third-order valence-corrected chi connectivity index (χ3v) is 8.51. The Morgan fingerprint density at radius 2 is 1.02 bits per heavy atom. The van der Waals surface area contributed by atoms with Gasteiger partial charge in [0.15, 0.2) is 0 Å². The zero-order valence-corrected chi connectivity index (χ0v) is 26.6. The van der Waals surface area contributed by atoms with Crippen molar-refractivity contribution in [3.63, 3.8) is 0 Å². The lowest BCUT2D eigenvalue weighted by atomic mass is 9.95. The topological polar surface area (TPSA) is 63.6 Å². The molecule has 0 saturated heterocycles. The van der Waals surface area contributed by atoms with Gasteiger partial charge in [0.2, 0.25) is 0 Å². The highest BCUT2D eigenvalue weighted by atomic mass is 16.5. The van der Waals surface area contributed by atoms with Crippen molar-refractivity contribution in [3.8, 4) is 0 Å². The lowest BCUT2D eigenvalue weighted by molar-refractivity contribution is 0.0486. The summed E-state index contributed by atoms with van der Waals surface area (Å²) in [4.78, 5) is 24.2. The van der Waals surface area contributed by atoms with Crippen molar-refractivity contribution in [2.45, 2.75) is 97.3 Å². The number of rotatable bonds is 16. The lowest BCUT2D eigenvalue weighted by Gasteiger charge is -2.12. The summed E-state index contributed by atoms with van der Waals surface area (Å²) in [5.41, 5.74) is 1.09. The number of carboxylic acid groups (broad SMARTS) is 1. The molecule has 4 heteroatoms. The van der Waals surface area contributed by atoms with E-state index in [4.69, 9.17) is 4.74 Å². The second kappa shape index (κ2) is 17.4. The SMILES string of the molecule is CCCCCCCCOC(=O)c1c(CCCCCCCC)cccc1C(=O)O.c1cc2ccc3cccc4ccc(c1)c2c34. The third kappa shape index (κ3) is 8.81. The molecule has 0 aliphatic heterocycles. The zero-order chi connectivity index (χ0) is 31.1. The van der Waals surface area contributed by atoms with Crippen LogP contribution in [-0.2, 0) is 11.2 Å². The van der Waals surface area contributed by atoms with E-state index in [0.29, 0.717) is 13.0 Å². The Morgan fingerprint density at radius 1 is 0.568 bits per heavy atom. The van der Waals surface area contributed by atoms with Crippen molar-refractivity contribution < 1.29 is 19.4 Å². The van der Waals surface area contributed by atoms with Crippen LogP contribution in [0.4, 0.5) is 0 Å². The molecule has 0 spiro atoms. The van der Waals surface area contributed by atoms with Crippen LogP contribution in [0.5, 0.6) is 0 Å². The van der Waals surface area contributed by atoms with E-state index in [0.717, 1.165) is 37.7 Å². The summed E-state index contributed by atoms with van der Waals surface area (Å²) < 4.78 is 5.42. The third-order valence-electron chi connectivity index (χ3n) is 8.51. The monoisotopic (exact) mass is 592 g/mol. The molecule has 0 heterocycles. The van der Waals surface area contributed by atoms with Crippen LogP contribution in [0.25, 0.3) is 32.3 Å². The van der Waals surface area contributed by atoms with Gasteiger partial charge in [0.1, 0.15) is 0 Å². The molecular weight excluding hydrogens is 544 g/mol. The molecule has 0 unspecified atom stereocenters. The Morgan fingerprint density at radius 3 is 1.52 bits per heavy atom. The van der Waals surface area contributed by atoms with Gasteiger partial charge in [-0.15, -0.1) is 0 Å². The van der Waals surface area contributed by atoms with Gasteiger partial charge in [0.25, 0.3) is 0 Å². The number of unbranched alkanes of at least 4 members (excludes halogenated alkanes) is 10. The number of ether oxygens (including phenoxy) is 1. The standard InChI is InChI=1S/C24H38O4.C16H10/c1-3-5-7-9-11-13-16-20-17-15-18-21(23(25)26)22(20)24(27)28-19-14-12-10-8-6-4-2;1-3-11-7-9-13-5-2-6-14-10-8-12(4-1)15(11)16(13)14/h15,17-18H,3-14,16,19H2,1-2H3,(H,25,26);1-10H. The highest BCUT2D eigenvalue weighted by molar-refractivity contribution is 6.22. The molecule has 5 aromatic rings. The summed E-state index contributed by atoms with van der Waals surface area (Å²) in [5, 5.41) is 17.6. The maximum atomic E-state index is 12.6. The number of aromatic carboxylic acids is 1. The maximum absolute atomic E-state index is 12.6. The van der Waals surface area contributed by atoms with E-state index in [2.05, 4.69) is 74.5 Å². The van der Waals surface area contributed by atoms with Crippen molar-refractivity contribution in [1.82, 2.24) is 0 Å². The number of hydrogen-bond donors (Lipinski definition) is 1. The summed E-state index contributed by atoms with van der Waals surface area (Å²) >= 11 is 0. The fourth-order valence-electron chi connectivity index (χ4n) is 6.11. The Hall–Kier alpha value is -3.92. The molecule has 0 aromatic heterocycles. The Labute approximate surface area is 262 Å². The van der Waals surface area contributed by atoms with Gasteiger partial charge in [-0.2, -0.15) is 0 Å². The van der Waals surface area contributed by atoms with E-state index in [1.54, 1.807) is 6.07 Å².